The molecule has 0 spiro atoms. The molecule has 0 bridgehead atoms. The van der Waals surface area contributed by atoms with E-state index in [0.717, 1.165) is 12.1 Å². The van der Waals surface area contributed by atoms with Crippen LogP contribution in [-0.4, -0.2) is 39.2 Å². The van der Waals surface area contributed by atoms with Gasteiger partial charge in [0, 0.05) is 12.7 Å². The van der Waals surface area contributed by atoms with E-state index >= 15 is 0 Å². The van der Waals surface area contributed by atoms with Crippen LogP contribution in [0.5, 0.6) is 0 Å². The van der Waals surface area contributed by atoms with Crippen LogP contribution in [0, 0.1) is 5.82 Å². The summed E-state index contributed by atoms with van der Waals surface area (Å²) >= 11 is 0. The van der Waals surface area contributed by atoms with Crippen LogP contribution in [0.2, 0.25) is 0 Å². The smallest absolute Gasteiger partial charge is 0.243 e. The van der Waals surface area contributed by atoms with Gasteiger partial charge in [-0.2, -0.15) is 4.31 Å². The van der Waals surface area contributed by atoms with E-state index in [9.17, 15) is 12.8 Å². The SMILES string of the molecule is O=S(=O)(c1ccc(F)cc1)N1CCC[C@H]1c1ccnc(Nc2cncnc2)n1. The molecular weight excluding hydrogens is 383 g/mol. The van der Waals surface area contributed by atoms with Gasteiger partial charge in [0.1, 0.15) is 12.1 Å². The van der Waals surface area contributed by atoms with E-state index in [2.05, 4.69) is 25.3 Å². The molecule has 1 aromatic carbocycles. The highest BCUT2D eigenvalue weighted by atomic mass is 32.2. The van der Waals surface area contributed by atoms with Gasteiger partial charge in [-0.15, -0.1) is 0 Å². The fraction of sp³-hybridized carbons (Fsp3) is 0.222. The number of nitrogens with zero attached hydrogens (tertiary/aromatic N) is 5. The van der Waals surface area contributed by atoms with E-state index in [-0.39, 0.29) is 4.90 Å². The molecule has 1 atom stereocenters. The summed E-state index contributed by atoms with van der Waals surface area (Å²) in [5.74, 6) is -0.147. The zero-order valence-corrected chi connectivity index (χ0v) is 15.6. The summed E-state index contributed by atoms with van der Waals surface area (Å²) in [5.41, 5.74) is 1.22. The van der Waals surface area contributed by atoms with E-state index in [1.165, 1.54) is 22.8 Å². The highest BCUT2D eigenvalue weighted by molar-refractivity contribution is 7.89. The van der Waals surface area contributed by atoms with Crippen molar-refractivity contribution >= 4 is 21.7 Å². The zero-order valence-electron chi connectivity index (χ0n) is 14.7. The monoisotopic (exact) mass is 400 g/mol. The molecule has 3 aromatic rings. The van der Waals surface area contributed by atoms with Gasteiger partial charge in [-0.05, 0) is 43.2 Å². The lowest BCUT2D eigenvalue weighted by Crippen LogP contribution is -2.31. The first-order valence-corrected chi connectivity index (χ1v) is 10.1. The molecule has 1 N–H and O–H groups in total. The number of hydrogen-bond acceptors (Lipinski definition) is 7. The molecule has 144 valence electrons. The molecule has 1 aliphatic rings. The van der Waals surface area contributed by atoms with Crippen LogP contribution in [0.1, 0.15) is 24.6 Å². The number of nitrogens with one attached hydrogen (secondary N) is 1. The van der Waals surface area contributed by atoms with Crippen molar-refractivity contribution in [2.75, 3.05) is 11.9 Å². The zero-order chi connectivity index (χ0) is 19.6. The number of halogens is 1. The van der Waals surface area contributed by atoms with Crippen molar-refractivity contribution in [3.63, 3.8) is 0 Å². The van der Waals surface area contributed by atoms with Crippen LogP contribution in [0.3, 0.4) is 0 Å². The van der Waals surface area contributed by atoms with Gasteiger partial charge in [0.2, 0.25) is 16.0 Å². The normalized spacial score (nSPS) is 17.5. The minimum atomic E-state index is -3.76. The summed E-state index contributed by atoms with van der Waals surface area (Å²) in [4.78, 5) is 16.6. The summed E-state index contributed by atoms with van der Waals surface area (Å²) in [7, 11) is -3.76. The Balaban J connectivity index is 1.61. The average molecular weight is 400 g/mol. The van der Waals surface area contributed by atoms with Gasteiger partial charge < -0.3 is 5.32 Å². The third kappa shape index (κ3) is 3.69. The first kappa shape index (κ1) is 18.4. The lowest BCUT2D eigenvalue weighted by molar-refractivity contribution is 0.390. The van der Waals surface area contributed by atoms with Gasteiger partial charge in [-0.25, -0.2) is 32.7 Å². The van der Waals surface area contributed by atoms with E-state index in [0.29, 0.717) is 36.7 Å². The fourth-order valence-corrected chi connectivity index (χ4v) is 4.85. The maximum atomic E-state index is 13.2. The molecule has 0 aliphatic carbocycles. The second-order valence-corrected chi connectivity index (χ2v) is 8.18. The summed E-state index contributed by atoms with van der Waals surface area (Å²) in [6, 6.07) is 6.14. The van der Waals surface area contributed by atoms with Crippen molar-refractivity contribution in [1.29, 1.82) is 0 Å². The number of rotatable bonds is 5. The van der Waals surface area contributed by atoms with E-state index < -0.39 is 21.9 Å². The molecule has 0 unspecified atom stereocenters. The largest absolute Gasteiger partial charge is 0.322 e. The second-order valence-electron chi connectivity index (χ2n) is 6.28. The molecule has 8 nitrogen and oxygen atoms in total. The Bertz CT molecular complexity index is 1060. The quantitative estimate of drug-likeness (QED) is 0.703. The average Bonchev–Trinajstić information content (AvgIpc) is 3.20. The molecule has 1 aliphatic heterocycles. The van der Waals surface area contributed by atoms with Crippen LogP contribution in [0.15, 0.2) is 60.1 Å². The van der Waals surface area contributed by atoms with Crippen LogP contribution >= 0.6 is 0 Å². The summed E-state index contributed by atoms with van der Waals surface area (Å²) in [5, 5.41) is 3.00. The Morgan fingerprint density at radius 1 is 1.11 bits per heavy atom. The molecule has 1 fully saturated rings. The maximum absolute atomic E-state index is 13.2. The Labute approximate surface area is 161 Å². The molecule has 0 amide bonds. The van der Waals surface area contributed by atoms with Crippen LogP contribution in [-0.2, 0) is 10.0 Å². The Morgan fingerprint density at radius 3 is 2.61 bits per heavy atom. The van der Waals surface area contributed by atoms with Gasteiger partial charge >= 0.3 is 0 Å². The second kappa shape index (κ2) is 7.56. The van der Waals surface area contributed by atoms with Crippen molar-refractivity contribution in [2.45, 2.75) is 23.8 Å². The van der Waals surface area contributed by atoms with Gasteiger partial charge in [-0.3, -0.25) is 0 Å². The van der Waals surface area contributed by atoms with Crippen molar-refractivity contribution in [1.82, 2.24) is 24.2 Å². The first-order valence-electron chi connectivity index (χ1n) is 8.66. The standard InChI is InChI=1S/C18H17FN6O2S/c19-13-3-5-15(6-4-13)28(26,27)25-9-1-2-17(25)16-7-8-22-18(24-16)23-14-10-20-12-21-11-14/h3-8,10-12,17H,1-2,9H2,(H,22,23,24)/t17-/m0/s1. The summed E-state index contributed by atoms with van der Waals surface area (Å²) < 4.78 is 40.7. The maximum Gasteiger partial charge on any atom is 0.243 e. The molecule has 3 heterocycles. The van der Waals surface area contributed by atoms with Crippen LogP contribution in [0.25, 0.3) is 0 Å². The number of hydrogen-bond donors (Lipinski definition) is 1. The van der Waals surface area contributed by atoms with Crippen LogP contribution < -0.4 is 5.32 Å². The van der Waals surface area contributed by atoms with Crippen molar-refractivity contribution in [3.05, 3.63) is 66.8 Å². The molecule has 10 heteroatoms. The highest BCUT2D eigenvalue weighted by Gasteiger charge is 2.37. The van der Waals surface area contributed by atoms with Gasteiger partial charge in [0.25, 0.3) is 0 Å². The van der Waals surface area contributed by atoms with Crippen molar-refractivity contribution in [3.8, 4) is 0 Å². The predicted molar refractivity (Wildman–Crippen MR) is 99.6 cm³/mol. The van der Waals surface area contributed by atoms with Gasteiger partial charge in [0.05, 0.1) is 34.7 Å². The Kier molecular flexibility index (Phi) is 4.97. The van der Waals surface area contributed by atoms with E-state index in [4.69, 9.17) is 0 Å². The topological polar surface area (TPSA) is 101 Å². The predicted octanol–water partition coefficient (Wildman–Crippen LogP) is 2.68. The van der Waals surface area contributed by atoms with Crippen molar-refractivity contribution in [2.24, 2.45) is 0 Å². The Hall–Kier alpha value is -2.98. The van der Waals surface area contributed by atoms with Gasteiger partial charge in [0.15, 0.2) is 0 Å². The number of sulfonamides is 1. The lowest BCUT2D eigenvalue weighted by atomic mass is 10.1. The molecular formula is C18H17FN6O2S. The fourth-order valence-electron chi connectivity index (χ4n) is 3.18. The number of benzene rings is 1. The van der Waals surface area contributed by atoms with Crippen molar-refractivity contribution < 1.29 is 12.8 Å². The minimum Gasteiger partial charge on any atom is -0.322 e. The molecule has 0 radical (unpaired) electrons. The third-order valence-corrected chi connectivity index (χ3v) is 6.38. The summed E-state index contributed by atoms with van der Waals surface area (Å²) in [6.45, 7) is 0.379. The molecule has 0 saturated carbocycles. The third-order valence-electron chi connectivity index (χ3n) is 4.46. The van der Waals surface area contributed by atoms with E-state index in [1.807, 2.05) is 0 Å². The van der Waals surface area contributed by atoms with Gasteiger partial charge in [-0.1, -0.05) is 0 Å². The lowest BCUT2D eigenvalue weighted by Gasteiger charge is -2.24. The minimum absolute atomic E-state index is 0.0645. The first-order chi connectivity index (χ1) is 13.5. The van der Waals surface area contributed by atoms with Crippen LogP contribution in [0.4, 0.5) is 16.0 Å². The number of aromatic nitrogens is 4. The molecule has 4 rings (SSSR count). The summed E-state index contributed by atoms with van der Waals surface area (Å²) in [6.07, 6.45) is 7.53. The Morgan fingerprint density at radius 2 is 1.86 bits per heavy atom. The van der Waals surface area contributed by atoms with E-state index in [1.54, 1.807) is 24.7 Å². The molecule has 2 aromatic heterocycles. The highest BCUT2D eigenvalue weighted by Crippen LogP contribution is 2.36. The number of anilines is 2. The molecule has 28 heavy (non-hydrogen) atoms. The molecule has 1 saturated heterocycles.